The molecule has 0 saturated carbocycles. The summed E-state index contributed by atoms with van der Waals surface area (Å²) in [7, 11) is 1.65. The van der Waals surface area contributed by atoms with E-state index in [1.807, 2.05) is 6.07 Å². The number of methoxy groups -OCH3 is 1. The third-order valence-corrected chi connectivity index (χ3v) is 2.71. The van der Waals surface area contributed by atoms with Crippen molar-refractivity contribution >= 4 is 22.6 Å². The second-order valence-electron chi connectivity index (χ2n) is 2.56. The van der Waals surface area contributed by atoms with Crippen LogP contribution in [0.3, 0.4) is 0 Å². The summed E-state index contributed by atoms with van der Waals surface area (Å²) in [6, 6.07) is 1.98. The zero-order valence-corrected chi connectivity index (χ0v) is 9.96. The summed E-state index contributed by atoms with van der Waals surface area (Å²) in [5.41, 5.74) is 1.13. The van der Waals surface area contributed by atoms with Gasteiger partial charge in [-0.25, -0.2) is 4.98 Å². The summed E-state index contributed by atoms with van der Waals surface area (Å²) >= 11 is 2.29. The number of hydrogen-bond acceptors (Lipinski definition) is 3. The lowest BCUT2D eigenvalue weighted by atomic mass is 10.2. The smallest absolute Gasteiger partial charge is 0.218 e. The second-order valence-corrected chi connectivity index (χ2v) is 3.72. The topological polar surface area (TPSA) is 34.2 Å². The Bertz CT molecular complexity index is 278. The van der Waals surface area contributed by atoms with Gasteiger partial charge in [-0.2, -0.15) is 0 Å². The first-order valence-electron chi connectivity index (χ1n) is 4.17. The van der Waals surface area contributed by atoms with Crippen molar-refractivity contribution in [2.45, 2.75) is 13.5 Å². The SMILES string of the molecule is CCNCc1c(I)ccnc1OC. The van der Waals surface area contributed by atoms with Crippen molar-refractivity contribution in [2.24, 2.45) is 0 Å². The van der Waals surface area contributed by atoms with E-state index in [1.165, 1.54) is 3.57 Å². The standard InChI is InChI=1S/C9H13IN2O/c1-3-11-6-7-8(10)4-5-12-9(7)13-2/h4-5,11H,3,6H2,1-2H3. The van der Waals surface area contributed by atoms with Crippen molar-refractivity contribution in [3.63, 3.8) is 0 Å². The number of halogens is 1. The van der Waals surface area contributed by atoms with Gasteiger partial charge in [0.1, 0.15) is 0 Å². The highest BCUT2D eigenvalue weighted by Crippen LogP contribution is 2.20. The minimum atomic E-state index is 0.716. The van der Waals surface area contributed by atoms with E-state index in [0.29, 0.717) is 5.88 Å². The Morgan fingerprint density at radius 3 is 3.00 bits per heavy atom. The molecule has 0 radical (unpaired) electrons. The fourth-order valence-corrected chi connectivity index (χ4v) is 1.62. The maximum atomic E-state index is 5.17. The van der Waals surface area contributed by atoms with E-state index in [1.54, 1.807) is 13.3 Å². The Morgan fingerprint density at radius 1 is 1.62 bits per heavy atom. The van der Waals surface area contributed by atoms with Crippen LogP contribution in [0.5, 0.6) is 5.88 Å². The molecule has 3 nitrogen and oxygen atoms in total. The fraction of sp³-hybridized carbons (Fsp3) is 0.444. The van der Waals surface area contributed by atoms with E-state index >= 15 is 0 Å². The molecule has 13 heavy (non-hydrogen) atoms. The van der Waals surface area contributed by atoms with Crippen molar-refractivity contribution in [3.8, 4) is 5.88 Å². The molecule has 0 bridgehead atoms. The van der Waals surface area contributed by atoms with Gasteiger partial charge < -0.3 is 10.1 Å². The van der Waals surface area contributed by atoms with E-state index in [4.69, 9.17) is 4.74 Å². The molecule has 1 aromatic rings. The zero-order chi connectivity index (χ0) is 9.68. The Hall–Kier alpha value is -0.360. The summed E-state index contributed by atoms with van der Waals surface area (Å²) in [6.45, 7) is 3.84. The van der Waals surface area contributed by atoms with E-state index in [0.717, 1.165) is 18.7 Å². The minimum Gasteiger partial charge on any atom is -0.481 e. The average Bonchev–Trinajstić information content (AvgIpc) is 2.15. The first-order chi connectivity index (χ1) is 6.29. The molecule has 0 amide bonds. The average molecular weight is 292 g/mol. The molecule has 1 N–H and O–H groups in total. The van der Waals surface area contributed by atoms with Gasteiger partial charge in [-0.3, -0.25) is 0 Å². The Labute approximate surface area is 92.0 Å². The van der Waals surface area contributed by atoms with Crippen LogP contribution in [0.2, 0.25) is 0 Å². The molecule has 0 atom stereocenters. The Kier molecular flexibility index (Phi) is 4.44. The molecule has 0 spiro atoms. The Balaban J connectivity index is 2.87. The number of nitrogens with zero attached hydrogens (tertiary/aromatic N) is 1. The second kappa shape index (κ2) is 5.39. The molecular weight excluding hydrogens is 279 g/mol. The van der Waals surface area contributed by atoms with Gasteiger partial charge in [0.15, 0.2) is 0 Å². The van der Waals surface area contributed by atoms with Gasteiger partial charge in [0, 0.05) is 21.9 Å². The van der Waals surface area contributed by atoms with Crippen LogP contribution in [0.1, 0.15) is 12.5 Å². The molecule has 72 valence electrons. The number of ether oxygens (including phenoxy) is 1. The van der Waals surface area contributed by atoms with Crippen LogP contribution < -0.4 is 10.1 Å². The molecule has 0 aliphatic heterocycles. The molecule has 0 fully saturated rings. The first-order valence-corrected chi connectivity index (χ1v) is 5.25. The van der Waals surface area contributed by atoms with Gasteiger partial charge in [0.2, 0.25) is 5.88 Å². The minimum absolute atomic E-state index is 0.716. The van der Waals surface area contributed by atoms with Gasteiger partial charge in [0.05, 0.1) is 7.11 Å². The number of rotatable bonds is 4. The molecule has 0 aromatic carbocycles. The third kappa shape index (κ3) is 2.80. The lowest BCUT2D eigenvalue weighted by molar-refractivity contribution is 0.390. The maximum Gasteiger partial charge on any atom is 0.218 e. The largest absolute Gasteiger partial charge is 0.481 e. The molecule has 0 saturated heterocycles. The van der Waals surface area contributed by atoms with Crippen LogP contribution in [0.4, 0.5) is 0 Å². The summed E-state index contributed by atoms with van der Waals surface area (Å²) in [5, 5.41) is 3.26. The van der Waals surface area contributed by atoms with Crippen molar-refractivity contribution in [1.82, 2.24) is 10.3 Å². The van der Waals surface area contributed by atoms with Crippen molar-refractivity contribution in [2.75, 3.05) is 13.7 Å². The number of nitrogens with one attached hydrogen (secondary N) is 1. The van der Waals surface area contributed by atoms with Crippen molar-refractivity contribution in [3.05, 3.63) is 21.4 Å². The zero-order valence-electron chi connectivity index (χ0n) is 7.80. The molecule has 0 aliphatic carbocycles. The summed E-state index contributed by atoms with van der Waals surface area (Å²) < 4.78 is 6.35. The van der Waals surface area contributed by atoms with Crippen LogP contribution in [0.15, 0.2) is 12.3 Å². The van der Waals surface area contributed by atoms with Crippen LogP contribution in [-0.2, 0) is 6.54 Å². The highest BCUT2D eigenvalue weighted by atomic mass is 127. The van der Waals surface area contributed by atoms with Gasteiger partial charge >= 0.3 is 0 Å². The molecule has 4 heteroatoms. The number of pyridine rings is 1. The van der Waals surface area contributed by atoms with Gasteiger partial charge in [-0.1, -0.05) is 6.92 Å². The summed E-state index contributed by atoms with van der Waals surface area (Å²) in [4.78, 5) is 4.14. The van der Waals surface area contributed by atoms with Crippen molar-refractivity contribution in [1.29, 1.82) is 0 Å². The van der Waals surface area contributed by atoms with E-state index in [9.17, 15) is 0 Å². The lowest BCUT2D eigenvalue weighted by Gasteiger charge is -2.08. The molecular formula is C9H13IN2O. The highest BCUT2D eigenvalue weighted by Gasteiger charge is 2.06. The molecule has 1 heterocycles. The third-order valence-electron chi connectivity index (χ3n) is 1.70. The predicted octanol–water partition coefficient (Wildman–Crippen LogP) is 1.80. The van der Waals surface area contributed by atoms with Gasteiger partial charge in [-0.15, -0.1) is 0 Å². The van der Waals surface area contributed by atoms with Crippen LogP contribution in [0, 0.1) is 3.57 Å². The molecule has 0 unspecified atom stereocenters. The first kappa shape index (κ1) is 10.7. The monoisotopic (exact) mass is 292 g/mol. The lowest BCUT2D eigenvalue weighted by Crippen LogP contribution is -2.14. The van der Waals surface area contributed by atoms with Crippen LogP contribution >= 0.6 is 22.6 Å². The van der Waals surface area contributed by atoms with Crippen LogP contribution in [-0.4, -0.2) is 18.6 Å². The van der Waals surface area contributed by atoms with E-state index < -0.39 is 0 Å². The quantitative estimate of drug-likeness (QED) is 0.859. The molecule has 1 aromatic heterocycles. The number of aromatic nitrogens is 1. The predicted molar refractivity (Wildman–Crippen MR) is 60.9 cm³/mol. The maximum absolute atomic E-state index is 5.17. The summed E-state index contributed by atoms with van der Waals surface area (Å²) in [5.74, 6) is 0.716. The van der Waals surface area contributed by atoms with Gasteiger partial charge in [-0.05, 0) is 35.2 Å². The van der Waals surface area contributed by atoms with Gasteiger partial charge in [0.25, 0.3) is 0 Å². The van der Waals surface area contributed by atoms with Crippen LogP contribution in [0.25, 0.3) is 0 Å². The van der Waals surface area contributed by atoms with E-state index in [2.05, 4.69) is 39.8 Å². The number of hydrogen-bond donors (Lipinski definition) is 1. The molecule has 1 rings (SSSR count). The Morgan fingerprint density at radius 2 is 2.38 bits per heavy atom. The highest BCUT2D eigenvalue weighted by molar-refractivity contribution is 14.1. The van der Waals surface area contributed by atoms with E-state index in [-0.39, 0.29) is 0 Å². The molecule has 0 aliphatic rings. The van der Waals surface area contributed by atoms with Crippen molar-refractivity contribution < 1.29 is 4.74 Å². The normalized spacial score (nSPS) is 10.1. The summed E-state index contributed by atoms with van der Waals surface area (Å²) in [6.07, 6.45) is 1.76. The fourth-order valence-electron chi connectivity index (χ4n) is 1.04.